The molecule has 7 heteroatoms. The molecule has 4 aromatic rings. The van der Waals surface area contributed by atoms with Crippen LogP contribution in [0.3, 0.4) is 0 Å². The number of rotatable bonds is 4. The zero-order valence-corrected chi connectivity index (χ0v) is 19.1. The molecular formula is C25H29N7. The van der Waals surface area contributed by atoms with Crippen molar-refractivity contribution in [2.24, 2.45) is 14.1 Å². The zero-order chi connectivity index (χ0) is 22.0. The molecule has 0 radical (unpaired) electrons. The molecule has 6 rings (SSSR count). The first kappa shape index (κ1) is 19.5. The molecule has 1 aliphatic carbocycles. The molecule has 3 aromatic heterocycles. The summed E-state index contributed by atoms with van der Waals surface area (Å²) in [6, 6.07) is 9.89. The topological polar surface area (TPSA) is 63.8 Å². The number of anilines is 1. The Bertz CT molecular complexity index is 1330. The molecule has 0 amide bonds. The summed E-state index contributed by atoms with van der Waals surface area (Å²) in [4.78, 5) is 7.91. The Morgan fingerprint density at radius 2 is 2.06 bits per heavy atom. The summed E-state index contributed by atoms with van der Waals surface area (Å²) in [6.45, 7) is 6.40. The summed E-state index contributed by atoms with van der Waals surface area (Å²) >= 11 is 0. The van der Waals surface area contributed by atoms with E-state index in [9.17, 15) is 0 Å². The molecule has 1 aromatic carbocycles. The van der Waals surface area contributed by atoms with Gasteiger partial charge in [0.25, 0.3) is 0 Å². The molecule has 7 nitrogen and oxygen atoms in total. The van der Waals surface area contributed by atoms with Gasteiger partial charge in [-0.05, 0) is 55.2 Å². The average molecular weight is 428 g/mol. The van der Waals surface area contributed by atoms with Crippen molar-refractivity contribution in [3.05, 3.63) is 47.8 Å². The highest BCUT2D eigenvalue weighted by molar-refractivity contribution is 6.01. The van der Waals surface area contributed by atoms with Crippen LogP contribution in [0, 0.1) is 6.92 Å². The van der Waals surface area contributed by atoms with Crippen molar-refractivity contribution in [2.75, 3.05) is 18.0 Å². The number of aryl methyl sites for hydroxylation is 4. The van der Waals surface area contributed by atoms with Crippen LogP contribution in [0.15, 0.2) is 36.7 Å². The monoisotopic (exact) mass is 427 g/mol. The lowest BCUT2D eigenvalue weighted by Crippen LogP contribution is -2.44. The van der Waals surface area contributed by atoms with Crippen molar-refractivity contribution < 1.29 is 0 Å². The summed E-state index contributed by atoms with van der Waals surface area (Å²) in [5.74, 6) is 1.07. The van der Waals surface area contributed by atoms with E-state index in [-0.39, 0.29) is 0 Å². The third-order valence-corrected chi connectivity index (χ3v) is 7.05. The lowest BCUT2D eigenvalue weighted by Gasteiger charge is -2.31. The Morgan fingerprint density at radius 3 is 2.78 bits per heavy atom. The van der Waals surface area contributed by atoms with Crippen LogP contribution in [0.25, 0.3) is 33.4 Å². The standard InChI is InChI=1S/C25H29N7/c1-5-16-12-17-15(2)23(19-7-10-30(3)29-19)25(32-11-9-26-20-14-22(20)32)28-24(17)18(13-16)21-6-8-27-31(21)4/h6-8,10,12-13,20,22,26H,5,9,11,14H2,1-4H3. The van der Waals surface area contributed by atoms with Crippen LogP contribution < -0.4 is 10.2 Å². The molecule has 2 atom stereocenters. The maximum absolute atomic E-state index is 5.40. The molecule has 2 fully saturated rings. The first-order valence-corrected chi connectivity index (χ1v) is 11.5. The molecule has 0 bridgehead atoms. The second kappa shape index (κ2) is 7.17. The SMILES string of the molecule is CCc1cc(-c2ccnn2C)c2nc(N3CCNC4CC43)c(-c3ccn(C)n3)c(C)c2c1. The normalized spacial score (nSPS) is 20.1. The molecule has 2 unspecified atom stereocenters. The maximum atomic E-state index is 5.40. The maximum Gasteiger partial charge on any atom is 0.139 e. The van der Waals surface area contributed by atoms with E-state index in [4.69, 9.17) is 10.1 Å². The Hall–Kier alpha value is -3.19. The van der Waals surface area contributed by atoms with Gasteiger partial charge in [-0.15, -0.1) is 0 Å². The van der Waals surface area contributed by atoms with Crippen molar-refractivity contribution >= 4 is 16.7 Å². The van der Waals surface area contributed by atoms with Crippen LogP contribution in [0.2, 0.25) is 0 Å². The molecular weight excluding hydrogens is 398 g/mol. The lowest BCUT2D eigenvalue weighted by molar-refractivity contribution is 0.578. The number of hydrogen-bond acceptors (Lipinski definition) is 5. The number of piperazine rings is 1. The van der Waals surface area contributed by atoms with E-state index < -0.39 is 0 Å². The minimum atomic E-state index is 0.519. The zero-order valence-electron chi connectivity index (χ0n) is 19.1. The first-order chi connectivity index (χ1) is 15.5. The predicted octanol–water partition coefficient (Wildman–Crippen LogP) is 3.46. The predicted molar refractivity (Wildman–Crippen MR) is 128 cm³/mol. The molecule has 0 spiro atoms. The van der Waals surface area contributed by atoms with Gasteiger partial charge in [0.2, 0.25) is 0 Å². The molecule has 1 saturated heterocycles. The van der Waals surface area contributed by atoms with Crippen molar-refractivity contribution in [3.63, 3.8) is 0 Å². The fraction of sp³-hybridized carbons (Fsp3) is 0.400. The Morgan fingerprint density at radius 1 is 1.19 bits per heavy atom. The third-order valence-electron chi connectivity index (χ3n) is 7.05. The minimum absolute atomic E-state index is 0.519. The van der Waals surface area contributed by atoms with Gasteiger partial charge < -0.3 is 10.2 Å². The molecule has 1 N–H and O–H groups in total. The molecule has 4 heterocycles. The number of nitrogens with zero attached hydrogens (tertiary/aromatic N) is 6. The Balaban J connectivity index is 1.68. The fourth-order valence-electron chi connectivity index (χ4n) is 5.21. The van der Waals surface area contributed by atoms with Gasteiger partial charge in [0, 0.05) is 68.2 Å². The molecule has 2 aliphatic rings. The van der Waals surface area contributed by atoms with Gasteiger partial charge in [0.1, 0.15) is 5.82 Å². The highest BCUT2D eigenvalue weighted by Crippen LogP contribution is 2.43. The summed E-state index contributed by atoms with van der Waals surface area (Å²) in [5.41, 5.74) is 8.01. The van der Waals surface area contributed by atoms with Gasteiger partial charge in [0.15, 0.2) is 0 Å². The quantitative estimate of drug-likeness (QED) is 0.540. The van der Waals surface area contributed by atoms with Crippen LogP contribution >= 0.6 is 0 Å². The molecule has 32 heavy (non-hydrogen) atoms. The van der Waals surface area contributed by atoms with Crippen molar-refractivity contribution in [1.29, 1.82) is 0 Å². The number of nitrogens with one attached hydrogen (secondary N) is 1. The van der Waals surface area contributed by atoms with E-state index in [0.717, 1.165) is 53.4 Å². The van der Waals surface area contributed by atoms with Crippen molar-refractivity contribution in [3.8, 4) is 22.5 Å². The number of aromatic nitrogens is 5. The molecule has 1 saturated carbocycles. The second-order valence-electron chi connectivity index (χ2n) is 9.10. The van der Waals surface area contributed by atoms with Gasteiger partial charge in [-0.2, -0.15) is 10.2 Å². The highest BCUT2D eigenvalue weighted by Gasteiger charge is 2.45. The summed E-state index contributed by atoms with van der Waals surface area (Å²) in [6.07, 6.45) is 6.04. The summed E-state index contributed by atoms with van der Waals surface area (Å²) < 4.78 is 3.82. The van der Waals surface area contributed by atoms with Gasteiger partial charge in [-0.25, -0.2) is 4.98 Å². The molecule has 164 valence electrons. The van der Waals surface area contributed by atoms with Crippen LogP contribution in [0.1, 0.15) is 24.5 Å². The summed E-state index contributed by atoms with van der Waals surface area (Å²) in [5, 5.41) is 14.1. The third kappa shape index (κ3) is 2.95. The number of pyridine rings is 1. The second-order valence-corrected chi connectivity index (χ2v) is 9.10. The van der Waals surface area contributed by atoms with E-state index in [1.807, 2.05) is 35.9 Å². The first-order valence-electron chi connectivity index (χ1n) is 11.5. The van der Waals surface area contributed by atoms with E-state index >= 15 is 0 Å². The Labute approximate surface area is 188 Å². The number of benzene rings is 1. The van der Waals surface area contributed by atoms with Crippen LogP contribution in [0.5, 0.6) is 0 Å². The average Bonchev–Trinajstić information content (AvgIpc) is 3.29. The van der Waals surface area contributed by atoms with Crippen LogP contribution in [-0.4, -0.2) is 49.7 Å². The fourth-order valence-corrected chi connectivity index (χ4v) is 5.21. The van der Waals surface area contributed by atoms with Gasteiger partial charge in [-0.3, -0.25) is 9.36 Å². The van der Waals surface area contributed by atoms with Crippen LogP contribution in [0.4, 0.5) is 5.82 Å². The van der Waals surface area contributed by atoms with E-state index in [1.165, 1.54) is 22.9 Å². The molecule has 1 aliphatic heterocycles. The smallest absolute Gasteiger partial charge is 0.139 e. The van der Waals surface area contributed by atoms with Gasteiger partial charge >= 0.3 is 0 Å². The highest BCUT2D eigenvalue weighted by atomic mass is 15.3. The van der Waals surface area contributed by atoms with E-state index in [0.29, 0.717) is 12.1 Å². The lowest BCUT2D eigenvalue weighted by atomic mass is 9.95. The minimum Gasteiger partial charge on any atom is -0.350 e. The van der Waals surface area contributed by atoms with E-state index in [2.05, 4.69) is 53.4 Å². The van der Waals surface area contributed by atoms with Gasteiger partial charge in [0.05, 0.1) is 16.9 Å². The Kier molecular flexibility index (Phi) is 4.37. The number of fused-ring (bicyclic) bond motifs is 2. The van der Waals surface area contributed by atoms with Crippen molar-refractivity contribution in [2.45, 2.75) is 38.8 Å². The summed E-state index contributed by atoms with van der Waals surface area (Å²) in [7, 11) is 3.98. The van der Waals surface area contributed by atoms with E-state index in [1.54, 1.807) is 0 Å². The van der Waals surface area contributed by atoms with Crippen LogP contribution in [-0.2, 0) is 20.5 Å². The number of hydrogen-bond donors (Lipinski definition) is 1. The van der Waals surface area contributed by atoms with Gasteiger partial charge in [-0.1, -0.05) is 6.92 Å². The largest absolute Gasteiger partial charge is 0.350 e. The van der Waals surface area contributed by atoms with Crippen molar-refractivity contribution in [1.82, 2.24) is 29.9 Å².